The lowest BCUT2D eigenvalue weighted by Crippen LogP contribution is -2.48. The molecule has 1 fully saturated rings. The van der Waals surface area contributed by atoms with Crippen molar-refractivity contribution < 1.29 is 49.5 Å². The highest BCUT2D eigenvalue weighted by atomic mass is 32.2. The molecular formula is C26H36N4O10S. The summed E-state index contributed by atoms with van der Waals surface area (Å²) in [4.78, 5) is 57.6. The SMILES string of the molecule is N#CSc1ccc(CC(CNCC(=O)O)N(CC(=O)O)CC(=O)O)cc1.O=C(O)CN(CC(=O)O)C1CCCCC1. The van der Waals surface area contributed by atoms with Gasteiger partial charge in [0.05, 0.1) is 32.7 Å². The summed E-state index contributed by atoms with van der Waals surface area (Å²) >= 11 is 1.01. The van der Waals surface area contributed by atoms with E-state index in [9.17, 15) is 24.0 Å². The van der Waals surface area contributed by atoms with Gasteiger partial charge in [0.15, 0.2) is 0 Å². The number of nitrogens with one attached hydrogen (secondary N) is 1. The zero-order valence-corrected chi connectivity index (χ0v) is 23.3. The minimum absolute atomic E-state index is 0.113. The maximum Gasteiger partial charge on any atom is 0.317 e. The van der Waals surface area contributed by atoms with Crippen LogP contribution in [0.25, 0.3) is 0 Å². The minimum atomic E-state index is -1.17. The monoisotopic (exact) mass is 596 g/mol. The van der Waals surface area contributed by atoms with E-state index in [-0.39, 0.29) is 32.2 Å². The molecule has 1 unspecified atom stereocenters. The Hall–Kier alpha value is -3.71. The van der Waals surface area contributed by atoms with Crippen molar-refractivity contribution in [2.24, 2.45) is 0 Å². The molecule has 226 valence electrons. The summed E-state index contributed by atoms with van der Waals surface area (Å²) in [5.41, 5.74) is 0.815. The number of hydrogen-bond donors (Lipinski definition) is 6. The summed E-state index contributed by atoms with van der Waals surface area (Å²) in [7, 11) is 0. The molecule has 1 aliphatic carbocycles. The number of nitrogens with zero attached hydrogens (tertiary/aromatic N) is 3. The van der Waals surface area contributed by atoms with Gasteiger partial charge in [-0.25, -0.2) is 0 Å². The Kier molecular flexibility index (Phi) is 16.7. The van der Waals surface area contributed by atoms with E-state index in [1.165, 1.54) is 11.3 Å². The Morgan fingerprint density at radius 2 is 1.34 bits per heavy atom. The molecule has 0 amide bonds. The predicted octanol–water partition coefficient (Wildman–Crippen LogP) is 1.11. The Morgan fingerprint density at radius 3 is 1.78 bits per heavy atom. The fraction of sp³-hybridized carbons (Fsp3) is 0.538. The number of thioether (sulfide) groups is 1. The topological polar surface area (TPSA) is 229 Å². The van der Waals surface area contributed by atoms with Crippen LogP contribution in [0, 0.1) is 10.7 Å². The molecule has 0 spiro atoms. The molecule has 0 saturated heterocycles. The largest absolute Gasteiger partial charge is 0.480 e. The molecule has 15 heteroatoms. The van der Waals surface area contributed by atoms with Crippen LogP contribution >= 0.6 is 11.8 Å². The maximum absolute atomic E-state index is 11.1. The van der Waals surface area contributed by atoms with E-state index in [0.717, 1.165) is 47.9 Å². The molecule has 0 radical (unpaired) electrons. The quantitative estimate of drug-likeness (QED) is 0.109. The first-order valence-corrected chi connectivity index (χ1v) is 13.7. The van der Waals surface area contributed by atoms with Crippen molar-refractivity contribution in [1.82, 2.24) is 15.1 Å². The third-order valence-corrected chi connectivity index (χ3v) is 6.77. The molecule has 0 aliphatic heterocycles. The molecular weight excluding hydrogens is 560 g/mol. The first-order chi connectivity index (χ1) is 19.4. The van der Waals surface area contributed by atoms with Gasteiger partial charge in [0.2, 0.25) is 0 Å². The summed E-state index contributed by atoms with van der Waals surface area (Å²) in [5, 5.41) is 57.5. The maximum atomic E-state index is 11.1. The molecule has 14 nitrogen and oxygen atoms in total. The van der Waals surface area contributed by atoms with Crippen LogP contribution in [0.4, 0.5) is 0 Å². The molecule has 1 aliphatic rings. The van der Waals surface area contributed by atoms with Gasteiger partial charge in [0, 0.05) is 23.5 Å². The van der Waals surface area contributed by atoms with Crippen molar-refractivity contribution in [3.8, 4) is 5.40 Å². The van der Waals surface area contributed by atoms with Crippen molar-refractivity contribution in [2.75, 3.05) is 39.3 Å². The van der Waals surface area contributed by atoms with Gasteiger partial charge in [0.25, 0.3) is 0 Å². The van der Waals surface area contributed by atoms with E-state index in [4.69, 9.17) is 30.8 Å². The van der Waals surface area contributed by atoms with Crippen LogP contribution in [-0.2, 0) is 30.4 Å². The normalized spacial score (nSPS) is 14.0. The summed E-state index contributed by atoms with van der Waals surface area (Å²) in [6.07, 6.45) is 5.47. The zero-order chi connectivity index (χ0) is 30.8. The number of benzene rings is 1. The van der Waals surface area contributed by atoms with Crippen LogP contribution in [0.1, 0.15) is 37.7 Å². The highest BCUT2D eigenvalue weighted by Crippen LogP contribution is 2.22. The summed E-state index contributed by atoms with van der Waals surface area (Å²) in [5.74, 6) is -5.32. The number of nitriles is 1. The van der Waals surface area contributed by atoms with Gasteiger partial charge in [-0.2, -0.15) is 5.26 Å². The van der Waals surface area contributed by atoms with Gasteiger partial charge < -0.3 is 30.8 Å². The van der Waals surface area contributed by atoms with E-state index < -0.39 is 49.0 Å². The van der Waals surface area contributed by atoms with E-state index >= 15 is 0 Å². The van der Waals surface area contributed by atoms with Crippen molar-refractivity contribution in [1.29, 1.82) is 5.26 Å². The summed E-state index contributed by atoms with van der Waals surface area (Å²) in [6.45, 7) is -1.50. The smallest absolute Gasteiger partial charge is 0.317 e. The van der Waals surface area contributed by atoms with Gasteiger partial charge in [-0.15, -0.1) is 0 Å². The first kappa shape index (κ1) is 35.3. The molecule has 0 heterocycles. The van der Waals surface area contributed by atoms with Gasteiger partial charge >= 0.3 is 29.8 Å². The summed E-state index contributed by atoms with van der Waals surface area (Å²) in [6, 6.07) is 6.61. The van der Waals surface area contributed by atoms with Crippen LogP contribution < -0.4 is 5.32 Å². The zero-order valence-electron chi connectivity index (χ0n) is 22.5. The predicted molar refractivity (Wildman–Crippen MR) is 146 cm³/mol. The van der Waals surface area contributed by atoms with Gasteiger partial charge in [0.1, 0.15) is 5.40 Å². The number of hydrogen-bond acceptors (Lipinski definition) is 10. The van der Waals surface area contributed by atoms with Gasteiger partial charge in [-0.05, 0) is 48.7 Å². The standard InChI is InChI=1S/C16H19N3O6S.C10H17NO4/c17-10-26-13-3-1-11(2-4-13)5-12(6-18-7-14(20)21)19(8-15(22)23)9-16(24)25;12-9(13)6-11(7-10(14)15)8-4-2-1-3-5-8/h1-4,12,18H,5-9H2,(H,20,21)(H,22,23)(H,24,25);8H,1-7H2,(H,12,13)(H,14,15). The average molecular weight is 597 g/mol. The van der Waals surface area contributed by atoms with E-state index in [1.54, 1.807) is 29.2 Å². The molecule has 1 aromatic carbocycles. The highest BCUT2D eigenvalue weighted by molar-refractivity contribution is 8.03. The molecule has 1 atom stereocenters. The van der Waals surface area contributed by atoms with Crippen molar-refractivity contribution in [3.05, 3.63) is 29.8 Å². The Balaban J connectivity index is 0.000000474. The molecule has 0 bridgehead atoms. The number of carboxylic acid groups (broad SMARTS) is 5. The average Bonchev–Trinajstić information content (AvgIpc) is 2.88. The van der Waals surface area contributed by atoms with E-state index in [0.29, 0.717) is 6.42 Å². The van der Waals surface area contributed by atoms with Crippen LogP contribution in [0.5, 0.6) is 0 Å². The van der Waals surface area contributed by atoms with E-state index in [2.05, 4.69) is 5.32 Å². The first-order valence-electron chi connectivity index (χ1n) is 12.8. The fourth-order valence-corrected chi connectivity index (χ4v) is 4.84. The Bertz CT molecular complexity index is 1030. The lowest BCUT2D eigenvalue weighted by Gasteiger charge is -2.31. The van der Waals surface area contributed by atoms with Crippen LogP contribution in [0.2, 0.25) is 0 Å². The van der Waals surface area contributed by atoms with Crippen molar-refractivity contribution in [2.45, 2.75) is 55.5 Å². The lowest BCUT2D eigenvalue weighted by atomic mass is 9.94. The minimum Gasteiger partial charge on any atom is -0.480 e. The third kappa shape index (κ3) is 16.2. The van der Waals surface area contributed by atoms with Crippen LogP contribution in [-0.4, -0.2) is 117 Å². The van der Waals surface area contributed by atoms with Crippen molar-refractivity contribution in [3.63, 3.8) is 0 Å². The number of carbonyl (C=O) groups is 5. The van der Waals surface area contributed by atoms with Gasteiger partial charge in [-0.3, -0.25) is 33.8 Å². The molecule has 6 N–H and O–H groups in total. The molecule has 0 aromatic heterocycles. The lowest BCUT2D eigenvalue weighted by molar-refractivity contribution is -0.145. The second kappa shape index (κ2) is 19.4. The number of carboxylic acids is 5. The van der Waals surface area contributed by atoms with Gasteiger partial charge in [-0.1, -0.05) is 31.4 Å². The second-order valence-electron chi connectivity index (χ2n) is 9.40. The second-order valence-corrected chi connectivity index (χ2v) is 10.3. The third-order valence-electron chi connectivity index (χ3n) is 6.18. The molecule has 2 rings (SSSR count). The number of aliphatic carboxylic acids is 5. The Labute approximate surface area is 241 Å². The molecule has 41 heavy (non-hydrogen) atoms. The molecule has 1 saturated carbocycles. The van der Waals surface area contributed by atoms with Crippen molar-refractivity contribution >= 4 is 41.6 Å². The Morgan fingerprint density at radius 1 is 0.829 bits per heavy atom. The molecule has 1 aromatic rings. The number of rotatable bonds is 17. The summed E-state index contributed by atoms with van der Waals surface area (Å²) < 4.78 is 0. The number of thiocyanates is 1. The fourth-order valence-electron chi connectivity index (χ4n) is 4.46. The van der Waals surface area contributed by atoms with Crippen LogP contribution in [0.15, 0.2) is 29.2 Å². The van der Waals surface area contributed by atoms with Crippen LogP contribution in [0.3, 0.4) is 0 Å². The van der Waals surface area contributed by atoms with E-state index in [1.807, 2.05) is 5.40 Å². The highest BCUT2D eigenvalue weighted by Gasteiger charge is 2.25.